The van der Waals surface area contributed by atoms with Gasteiger partial charge in [-0.2, -0.15) is 5.10 Å². The van der Waals surface area contributed by atoms with Crippen LogP contribution < -0.4 is 5.32 Å². The standard InChI is InChI=1S/C15H20N4O/c1-2-19(11-6-5-9-16-10-11)15(20)14-12-7-3-4-8-13(12)17-18-14/h3-4,7-8,11,16H,2,5-6,9-10H2,1H3,(H,17,18). The molecule has 1 aromatic heterocycles. The molecule has 1 amide bonds. The van der Waals surface area contributed by atoms with Gasteiger partial charge in [0, 0.05) is 24.5 Å². The minimum absolute atomic E-state index is 0.0265. The van der Waals surface area contributed by atoms with Crippen molar-refractivity contribution in [3.8, 4) is 0 Å². The lowest BCUT2D eigenvalue weighted by atomic mass is 10.0. The van der Waals surface area contributed by atoms with Crippen molar-refractivity contribution in [2.24, 2.45) is 0 Å². The Morgan fingerprint density at radius 3 is 3.05 bits per heavy atom. The van der Waals surface area contributed by atoms with Gasteiger partial charge in [-0.1, -0.05) is 18.2 Å². The molecule has 2 heterocycles. The predicted octanol–water partition coefficient (Wildman–Crippen LogP) is 1.78. The highest BCUT2D eigenvalue weighted by molar-refractivity contribution is 6.04. The summed E-state index contributed by atoms with van der Waals surface area (Å²) in [6.45, 7) is 4.67. The summed E-state index contributed by atoms with van der Waals surface area (Å²) < 4.78 is 0. The van der Waals surface area contributed by atoms with E-state index in [9.17, 15) is 4.79 Å². The van der Waals surface area contributed by atoms with Crippen molar-refractivity contribution in [3.63, 3.8) is 0 Å². The van der Waals surface area contributed by atoms with Gasteiger partial charge in [0.25, 0.3) is 5.91 Å². The maximum absolute atomic E-state index is 12.8. The van der Waals surface area contributed by atoms with Crippen molar-refractivity contribution in [2.45, 2.75) is 25.8 Å². The normalized spacial score (nSPS) is 19.1. The largest absolute Gasteiger partial charge is 0.333 e. The van der Waals surface area contributed by atoms with Crippen LogP contribution in [-0.2, 0) is 0 Å². The number of aromatic nitrogens is 2. The van der Waals surface area contributed by atoms with E-state index in [1.54, 1.807) is 0 Å². The first-order chi connectivity index (χ1) is 9.81. The van der Waals surface area contributed by atoms with Gasteiger partial charge in [-0.3, -0.25) is 9.89 Å². The number of para-hydroxylation sites is 1. The third-order valence-electron chi connectivity index (χ3n) is 3.99. The molecule has 0 bridgehead atoms. The van der Waals surface area contributed by atoms with Crippen molar-refractivity contribution in [1.29, 1.82) is 0 Å². The predicted molar refractivity (Wildman–Crippen MR) is 78.7 cm³/mol. The summed E-state index contributed by atoms with van der Waals surface area (Å²) in [6.07, 6.45) is 2.19. The van der Waals surface area contributed by atoms with Crippen LogP contribution in [0.3, 0.4) is 0 Å². The molecule has 0 saturated carbocycles. The molecule has 1 atom stereocenters. The SMILES string of the molecule is CCN(C(=O)c1n[nH]c2ccccc12)C1CCCNC1. The van der Waals surface area contributed by atoms with Crippen LogP contribution in [0.25, 0.3) is 10.9 Å². The number of nitrogens with one attached hydrogen (secondary N) is 2. The fourth-order valence-corrected chi connectivity index (χ4v) is 2.93. The van der Waals surface area contributed by atoms with Crippen LogP contribution in [-0.4, -0.2) is 46.7 Å². The van der Waals surface area contributed by atoms with Crippen molar-refractivity contribution in [3.05, 3.63) is 30.0 Å². The number of amides is 1. The third kappa shape index (κ3) is 2.29. The van der Waals surface area contributed by atoms with Crippen molar-refractivity contribution >= 4 is 16.8 Å². The van der Waals surface area contributed by atoms with Gasteiger partial charge in [0.1, 0.15) is 0 Å². The molecule has 20 heavy (non-hydrogen) atoms. The molecular formula is C15H20N4O. The van der Waals surface area contributed by atoms with Crippen molar-refractivity contribution in [1.82, 2.24) is 20.4 Å². The fraction of sp³-hybridized carbons (Fsp3) is 0.467. The highest BCUT2D eigenvalue weighted by atomic mass is 16.2. The number of hydrogen-bond donors (Lipinski definition) is 2. The molecule has 2 aromatic rings. The van der Waals surface area contributed by atoms with E-state index < -0.39 is 0 Å². The number of carbonyl (C=O) groups is 1. The molecule has 1 unspecified atom stereocenters. The molecule has 1 aliphatic heterocycles. The van der Waals surface area contributed by atoms with E-state index in [-0.39, 0.29) is 11.9 Å². The lowest BCUT2D eigenvalue weighted by Gasteiger charge is -2.33. The second-order valence-electron chi connectivity index (χ2n) is 5.21. The van der Waals surface area contributed by atoms with Gasteiger partial charge in [0.15, 0.2) is 5.69 Å². The van der Waals surface area contributed by atoms with Gasteiger partial charge in [-0.15, -0.1) is 0 Å². The highest BCUT2D eigenvalue weighted by Crippen LogP contribution is 2.19. The Hall–Kier alpha value is -1.88. The fourth-order valence-electron chi connectivity index (χ4n) is 2.93. The first-order valence-corrected chi connectivity index (χ1v) is 7.26. The number of H-pyrrole nitrogens is 1. The molecule has 3 rings (SSSR count). The van der Waals surface area contributed by atoms with Crippen LogP contribution >= 0.6 is 0 Å². The van der Waals surface area contributed by atoms with E-state index in [1.165, 1.54) is 0 Å². The topological polar surface area (TPSA) is 61.0 Å². The van der Waals surface area contributed by atoms with Crippen molar-refractivity contribution in [2.75, 3.05) is 19.6 Å². The Balaban J connectivity index is 1.89. The van der Waals surface area contributed by atoms with Gasteiger partial charge in [0.2, 0.25) is 0 Å². The van der Waals surface area contributed by atoms with E-state index in [1.807, 2.05) is 36.1 Å². The monoisotopic (exact) mass is 272 g/mol. The number of rotatable bonds is 3. The van der Waals surface area contributed by atoms with Crippen LogP contribution in [0.5, 0.6) is 0 Å². The zero-order valence-electron chi connectivity index (χ0n) is 11.7. The average Bonchev–Trinajstić information content (AvgIpc) is 2.93. The number of carbonyl (C=O) groups excluding carboxylic acids is 1. The van der Waals surface area contributed by atoms with E-state index in [4.69, 9.17) is 0 Å². The quantitative estimate of drug-likeness (QED) is 0.895. The zero-order chi connectivity index (χ0) is 13.9. The summed E-state index contributed by atoms with van der Waals surface area (Å²) in [4.78, 5) is 14.7. The second-order valence-corrected chi connectivity index (χ2v) is 5.21. The Bertz CT molecular complexity index is 601. The van der Waals surface area contributed by atoms with E-state index in [0.29, 0.717) is 12.2 Å². The summed E-state index contributed by atoms with van der Waals surface area (Å²) in [7, 11) is 0. The Labute approximate surface area is 118 Å². The number of fused-ring (bicyclic) bond motifs is 1. The molecule has 1 aliphatic rings. The summed E-state index contributed by atoms with van der Waals surface area (Å²) in [5.74, 6) is 0.0265. The minimum atomic E-state index is 0.0265. The average molecular weight is 272 g/mol. The number of hydrogen-bond acceptors (Lipinski definition) is 3. The van der Waals surface area contributed by atoms with Gasteiger partial charge >= 0.3 is 0 Å². The van der Waals surface area contributed by atoms with Crippen LogP contribution in [0.1, 0.15) is 30.3 Å². The summed E-state index contributed by atoms with van der Waals surface area (Å²) in [5.41, 5.74) is 1.45. The molecular weight excluding hydrogens is 252 g/mol. The molecule has 106 valence electrons. The highest BCUT2D eigenvalue weighted by Gasteiger charge is 2.27. The van der Waals surface area contributed by atoms with Crippen LogP contribution in [0.15, 0.2) is 24.3 Å². The first-order valence-electron chi connectivity index (χ1n) is 7.26. The first kappa shape index (κ1) is 13.1. The number of nitrogens with zero attached hydrogens (tertiary/aromatic N) is 2. The molecule has 0 radical (unpaired) electrons. The molecule has 2 N–H and O–H groups in total. The summed E-state index contributed by atoms with van der Waals surface area (Å²) in [5, 5.41) is 11.4. The van der Waals surface area contributed by atoms with Gasteiger partial charge in [-0.05, 0) is 32.4 Å². The number of aromatic amines is 1. The van der Waals surface area contributed by atoms with Gasteiger partial charge in [-0.25, -0.2) is 0 Å². The lowest BCUT2D eigenvalue weighted by molar-refractivity contribution is 0.0658. The maximum atomic E-state index is 12.8. The second kappa shape index (κ2) is 5.63. The Morgan fingerprint density at radius 2 is 2.30 bits per heavy atom. The lowest BCUT2D eigenvalue weighted by Crippen LogP contribution is -2.48. The molecule has 1 aromatic carbocycles. The molecule has 0 aliphatic carbocycles. The van der Waals surface area contributed by atoms with Crippen molar-refractivity contribution < 1.29 is 4.79 Å². The molecule has 5 nitrogen and oxygen atoms in total. The van der Waals surface area contributed by atoms with Crippen LogP contribution in [0.4, 0.5) is 0 Å². The molecule has 5 heteroatoms. The summed E-state index contributed by atoms with van der Waals surface area (Å²) >= 11 is 0. The minimum Gasteiger partial charge on any atom is -0.333 e. The number of likely N-dealkylation sites (N-methyl/N-ethyl adjacent to an activating group) is 1. The van der Waals surface area contributed by atoms with Gasteiger partial charge < -0.3 is 10.2 Å². The van der Waals surface area contributed by atoms with Crippen LogP contribution in [0.2, 0.25) is 0 Å². The smallest absolute Gasteiger partial charge is 0.275 e. The van der Waals surface area contributed by atoms with E-state index in [0.717, 1.165) is 36.8 Å². The Kier molecular flexibility index (Phi) is 3.69. The van der Waals surface area contributed by atoms with E-state index in [2.05, 4.69) is 15.5 Å². The molecule has 1 fully saturated rings. The Morgan fingerprint density at radius 1 is 1.45 bits per heavy atom. The number of piperidine rings is 1. The van der Waals surface area contributed by atoms with E-state index >= 15 is 0 Å². The van der Waals surface area contributed by atoms with Crippen LogP contribution in [0, 0.1) is 0 Å². The maximum Gasteiger partial charge on any atom is 0.275 e. The third-order valence-corrected chi connectivity index (χ3v) is 3.99. The number of benzene rings is 1. The molecule has 0 spiro atoms. The zero-order valence-corrected chi connectivity index (χ0v) is 11.7. The molecule has 1 saturated heterocycles. The van der Waals surface area contributed by atoms with Gasteiger partial charge in [0.05, 0.1) is 5.52 Å². The summed E-state index contributed by atoms with van der Waals surface area (Å²) in [6, 6.07) is 8.04.